The van der Waals surface area contributed by atoms with E-state index in [4.69, 9.17) is 0 Å². The van der Waals surface area contributed by atoms with Crippen LogP contribution in [0.5, 0.6) is 5.75 Å². The fraction of sp³-hybridized carbons (Fsp3) is 0.294. The van der Waals surface area contributed by atoms with Crippen LogP contribution in [-0.4, -0.2) is 35.7 Å². The molecule has 1 aromatic carbocycles. The second kappa shape index (κ2) is 7.98. The number of halogens is 3. The number of aryl methyl sites for hydroxylation is 1. The molecule has 1 heterocycles. The highest BCUT2D eigenvalue weighted by atomic mass is 19.4. The van der Waals surface area contributed by atoms with Crippen LogP contribution in [0.2, 0.25) is 0 Å². The third kappa shape index (κ3) is 6.80. The van der Waals surface area contributed by atoms with Crippen molar-refractivity contribution in [1.29, 1.82) is 0 Å². The van der Waals surface area contributed by atoms with Crippen molar-refractivity contribution in [3.8, 4) is 5.75 Å². The van der Waals surface area contributed by atoms with Crippen LogP contribution in [-0.2, 0) is 11.3 Å². The SMILES string of the molecule is Cc1ccc(NC(=O)CN(C)Cc2ccc(OC(F)(F)F)cc2)nc1. The highest BCUT2D eigenvalue weighted by Gasteiger charge is 2.30. The zero-order chi connectivity index (χ0) is 18.4. The van der Waals surface area contributed by atoms with Crippen molar-refractivity contribution in [1.82, 2.24) is 9.88 Å². The zero-order valence-corrected chi connectivity index (χ0v) is 13.8. The molecule has 0 unspecified atom stereocenters. The second-order valence-corrected chi connectivity index (χ2v) is 5.63. The molecule has 1 N–H and O–H groups in total. The van der Waals surface area contributed by atoms with Gasteiger partial charge < -0.3 is 10.1 Å². The summed E-state index contributed by atoms with van der Waals surface area (Å²) < 4.78 is 40.2. The number of likely N-dealkylation sites (N-methyl/N-ethyl adjacent to an activating group) is 1. The standard InChI is InChI=1S/C17H18F3N3O2/c1-12-3-8-15(21-9-12)22-16(24)11-23(2)10-13-4-6-14(7-5-13)25-17(18,19)20/h3-9H,10-11H2,1-2H3,(H,21,22,24). The number of carbonyl (C=O) groups is 1. The molecule has 5 nitrogen and oxygen atoms in total. The van der Waals surface area contributed by atoms with E-state index in [1.807, 2.05) is 13.0 Å². The van der Waals surface area contributed by atoms with Crippen molar-refractivity contribution >= 4 is 11.7 Å². The van der Waals surface area contributed by atoms with Crippen LogP contribution in [0, 0.1) is 6.92 Å². The van der Waals surface area contributed by atoms with Gasteiger partial charge in [0, 0.05) is 12.7 Å². The van der Waals surface area contributed by atoms with E-state index in [1.54, 1.807) is 24.2 Å². The van der Waals surface area contributed by atoms with Gasteiger partial charge in [0.15, 0.2) is 0 Å². The molecule has 0 saturated carbocycles. The van der Waals surface area contributed by atoms with Crippen molar-refractivity contribution < 1.29 is 22.7 Å². The van der Waals surface area contributed by atoms with Gasteiger partial charge in [0.2, 0.25) is 5.91 Å². The number of benzene rings is 1. The number of nitrogens with zero attached hydrogens (tertiary/aromatic N) is 2. The largest absolute Gasteiger partial charge is 0.573 e. The number of carbonyl (C=O) groups excluding carboxylic acids is 1. The average molecular weight is 353 g/mol. The Kier molecular flexibility index (Phi) is 5.97. The number of amides is 1. The minimum Gasteiger partial charge on any atom is -0.406 e. The number of pyridine rings is 1. The predicted molar refractivity (Wildman–Crippen MR) is 87.1 cm³/mol. The van der Waals surface area contributed by atoms with Gasteiger partial charge in [-0.2, -0.15) is 0 Å². The fourth-order valence-corrected chi connectivity index (χ4v) is 2.13. The molecular weight excluding hydrogens is 335 g/mol. The van der Waals surface area contributed by atoms with Gasteiger partial charge in [0.1, 0.15) is 11.6 Å². The number of ether oxygens (including phenoxy) is 1. The van der Waals surface area contributed by atoms with Crippen molar-refractivity contribution in [3.63, 3.8) is 0 Å². The van der Waals surface area contributed by atoms with Crippen LogP contribution >= 0.6 is 0 Å². The molecule has 2 aromatic rings. The van der Waals surface area contributed by atoms with E-state index in [1.165, 1.54) is 24.3 Å². The number of hydrogen-bond donors (Lipinski definition) is 1. The second-order valence-electron chi connectivity index (χ2n) is 5.63. The summed E-state index contributed by atoms with van der Waals surface area (Å²) in [6.07, 6.45) is -3.05. The van der Waals surface area contributed by atoms with Gasteiger partial charge in [0.05, 0.1) is 6.54 Å². The third-order valence-electron chi connectivity index (χ3n) is 3.20. The predicted octanol–water partition coefficient (Wildman–Crippen LogP) is 3.36. The normalized spacial score (nSPS) is 11.4. The van der Waals surface area contributed by atoms with Gasteiger partial charge in [-0.25, -0.2) is 4.98 Å². The van der Waals surface area contributed by atoms with E-state index in [2.05, 4.69) is 15.0 Å². The highest BCUT2D eigenvalue weighted by molar-refractivity contribution is 5.91. The molecule has 0 saturated heterocycles. The Hall–Kier alpha value is -2.61. The van der Waals surface area contributed by atoms with E-state index in [0.29, 0.717) is 12.4 Å². The maximum Gasteiger partial charge on any atom is 0.573 e. The molecule has 1 aromatic heterocycles. The summed E-state index contributed by atoms with van der Waals surface area (Å²) in [5, 5.41) is 2.68. The van der Waals surface area contributed by atoms with E-state index in [9.17, 15) is 18.0 Å². The Morgan fingerprint density at radius 3 is 2.44 bits per heavy atom. The van der Waals surface area contributed by atoms with E-state index >= 15 is 0 Å². The molecule has 0 aliphatic heterocycles. The Balaban J connectivity index is 1.83. The summed E-state index contributed by atoms with van der Waals surface area (Å²) in [6, 6.07) is 9.09. The number of hydrogen-bond acceptors (Lipinski definition) is 4. The molecule has 25 heavy (non-hydrogen) atoms. The maximum absolute atomic E-state index is 12.1. The minimum absolute atomic E-state index is 0.121. The van der Waals surface area contributed by atoms with Gasteiger partial charge >= 0.3 is 6.36 Å². The maximum atomic E-state index is 12.1. The third-order valence-corrected chi connectivity index (χ3v) is 3.20. The lowest BCUT2D eigenvalue weighted by molar-refractivity contribution is -0.274. The molecule has 0 spiro atoms. The monoisotopic (exact) mass is 353 g/mol. The first-order valence-electron chi connectivity index (χ1n) is 7.47. The average Bonchev–Trinajstić information content (AvgIpc) is 2.50. The summed E-state index contributed by atoms with van der Waals surface area (Å²) in [6.45, 7) is 2.43. The van der Waals surface area contributed by atoms with Gasteiger partial charge in [-0.05, 0) is 43.3 Å². The van der Waals surface area contributed by atoms with E-state index < -0.39 is 6.36 Å². The zero-order valence-electron chi connectivity index (χ0n) is 13.8. The van der Waals surface area contributed by atoms with Gasteiger partial charge in [0.25, 0.3) is 0 Å². The van der Waals surface area contributed by atoms with Gasteiger partial charge in [-0.15, -0.1) is 13.2 Å². The number of anilines is 1. The molecule has 0 radical (unpaired) electrons. The van der Waals surface area contributed by atoms with Crippen molar-refractivity contribution in [2.75, 3.05) is 18.9 Å². The van der Waals surface area contributed by atoms with Crippen LogP contribution < -0.4 is 10.1 Å². The first-order chi connectivity index (χ1) is 11.7. The first-order valence-corrected chi connectivity index (χ1v) is 7.47. The number of rotatable bonds is 6. The first kappa shape index (κ1) is 18.7. The highest BCUT2D eigenvalue weighted by Crippen LogP contribution is 2.22. The van der Waals surface area contributed by atoms with Crippen molar-refractivity contribution in [2.24, 2.45) is 0 Å². The Labute approximate surface area is 143 Å². The van der Waals surface area contributed by atoms with Crippen molar-refractivity contribution in [2.45, 2.75) is 19.8 Å². The smallest absolute Gasteiger partial charge is 0.406 e. The summed E-state index contributed by atoms with van der Waals surface area (Å²) in [7, 11) is 1.74. The molecule has 8 heteroatoms. The lowest BCUT2D eigenvalue weighted by atomic mass is 10.2. The van der Waals surface area contributed by atoms with E-state index in [-0.39, 0.29) is 18.2 Å². The molecule has 0 fully saturated rings. The minimum atomic E-state index is -4.71. The molecule has 0 bridgehead atoms. The molecular formula is C17H18F3N3O2. The van der Waals surface area contributed by atoms with Crippen LogP contribution in [0.3, 0.4) is 0 Å². The molecule has 0 aliphatic carbocycles. The van der Waals surface area contributed by atoms with Crippen LogP contribution in [0.25, 0.3) is 0 Å². The number of alkyl halides is 3. The number of nitrogens with one attached hydrogen (secondary N) is 1. The Morgan fingerprint density at radius 1 is 1.20 bits per heavy atom. The van der Waals surface area contributed by atoms with Gasteiger partial charge in [-0.1, -0.05) is 18.2 Å². The quantitative estimate of drug-likeness (QED) is 0.865. The summed E-state index contributed by atoms with van der Waals surface area (Å²) >= 11 is 0. The molecule has 2 rings (SSSR count). The van der Waals surface area contributed by atoms with Crippen molar-refractivity contribution in [3.05, 3.63) is 53.7 Å². The molecule has 1 amide bonds. The Bertz CT molecular complexity index is 701. The van der Waals surface area contributed by atoms with Crippen LogP contribution in [0.15, 0.2) is 42.6 Å². The molecule has 134 valence electrons. The lowest BCUT2D eigenvalue weighted by Gasteiger charge is -2.16. The van der Waals surface area contributed by atoms with Gasteiger partial charge in [-0.3, -0.25) is 9.69 Å². The van der Waals surface area contributed by atoms with Crippen LogP contribution in [0.4, 0.5) is 19.0 Å². The fourth-order valence-electron chi connectivity index (χ4n) is 2.13. The summed E-state index contributed by atoms with van der Waals surface area (Å²) in [5.74, 6) is -0.0318. The Morgan fingerprint density at radius 2 is 1.88 bits per heavy atom. The summed E-state index contributed by atoms with van der Waals surface area (Å²) in [4.78, 5) is 17.8. The van der Waals surface area contributed by atoms with E-state index in [0.717, 1.165) is 11.1 Å². The number of aromatic nitrogens is 1. The van der Waals surface area contributed by atoms with Crippen LogP contribution in [0.1, 0.15) is 11.1 Å². The summed E-state index contributed by atoms with van der Waals surface area (Å²) in [5.41, 5.74) is 1.76. The molecule has 0 aliphatic rings. The molecule has 0 atom stereocenters. The lowest BCUT2D eigenvalue weighted by Crippen LogP contribution is -2.30. The topological polar surface area (TPSA) is 54.5 Å².